The van der Waals surface area contributed by atoms with E-state index < -0.39 is 0 Å². The fourth-order valence-electron chi connectivity index (χ4n) is 1.49. The lowest BCUT2D eigenvalue weighted by Crippen LogP contribution is -2.33. The van der Waals surface area contributed by atoms with E-state index >= 15 is 0 Å². The van der Waals surface area contributed by atoms with E-state index in [-0.39, 0.29) is 0 Å². The van der Waals surface area contributed by atoms with Gasteiger partial charge in [-0.2, -0.15) is 0 Å². The lowest BCUT2D eigenvalue weighted by Gasteiger charge is -2.21. The summed E-state index contributed by atoms with van der Waals surface area (Å²) in [6.07, 6.45) is 4.39. The first kappa shape index (κ1) is 13.7. The van der Waals surface area contributed by atoms with Crippen LogP contribution in [0.25, 0.3) is 0 Å². The highest BCUT2D eigenvalue weighted by atomic mass is 15.1. The van der Waals surface area contributed by atoms with Crippen LogP contribution in [0.15, 0.2) is 12.7 Å². The van der Waals surface area contributed by atoms with Gasteiger partial charge in [0.15, 0.2) is 0 Å². The quantitative estimate of drug-likeness (QED) is 0.572. The molecule has 0 heterocycles. The van der Waals surface area contributed by atoms with E-state index in [9.17, 15) is 0 Å². The number of hydrogen-bond donors (Lipinski definition) is 1. The van der Waals surface area contributed by atoms with Crippen LogP contribution < -0.4 is 5.32 Å². The second-order valence-corrected chi connectivity index (χ2v) is 3.61. The van der Waals surface area contributed by atoms with E-state index in [2.05, 4.69) is 37.6 Å². The van der Waals surface area contributed by atoms with Gasteiger partial charge in [-0.25, -0.2) is 0 Å². The monoisotopic (exact) mass is 198 g/mol. The highest BCUT2D eigenvalue weighted by molar-refractivity contribution is 4.85. The molecule has 14 heavy (non-hydrogen) atoms. The van der Waals surface area contributed by atoms with E-state index in [4.69, 9.17) is 0 Å². The molecule has 0 saturated heterocycles. The van der Waals surface area contributed by atoms with Crippen LogP contribution in [0.2, 0.25) is 0 Å². The summed E-state index contributed by atoms with van der Waals surface area (Å²) in [6, 6.07) is 0.482. The molecule has 0 aliphatic rings. The molecule has 0 rings (SSSR count). The van der Waals surface area contributed by atoms with E-state index in [1.165, 1.54) is 19.4 Å². The summed E-state index contributed by atoms with van der Waals surface area (Å²) in [6.45, 7) is 15.0. The predicted octanol–water partition coefficient (Wildman–Crippen LogP) is 2.27. The molecule has 0 saturated carbocycles. The summed E-state index contributed by atoms with van der Waals surface area (Å²) in [5, 5.41) is 3.48. The van der Waals surface area contributed by atoms with Crippen molar-refractivity contribution in [3.8, 4) is 0 Å². The predicted molar refractivity (Wildman–Crippen MR) is 64.7 cm³/mol. The highest BCUT2D eigenvalue weighted by Crippen LogP contribution is 1.97. The van der Waals surface area contributed by atoms with Gasteiger partial charge in [0.2, 0.25) is 0 Å². The molecule has 0 spiro atoms. The third kappa shape index (κ3) is 6.17. The Morgan fingerprint density at radius 3 is 2.36 bits per heavy atom. The van der Waals surface area contributed by atoms with Gasteiger partial charge in [-0.05, 0) is 39.0 Å². The van der Waals surface area contributed by atoms with Crippen molar-refractivity contribution >= 4 is 0 Å². The Kier molecular flexibility index (Phi) is 9.00. The standard InChI is InChI=1S/C12H26N2/c1-5-10-13-12(6-2)9-11-14(7-3)8-4/h6,12-13H,2,5,7-11H2,1,3-4H3. The number of hydrogen-bond acceptors (Lipinski definition) is 2. The second-order valence-electron chi connectivity index (χ2n) is 3.61. The van der Waals surface area contributed by atoms with Gasteiger partial charge in [0.25, 0.3) is 0 Å². The van der Waals surface area contributed by atoms with Crippen LogP contribution in [0, 0.1) is 0 Å². The van der Waals surface area contributed by atoms with Gasteiger partial charge in [-0.3, -0.25) is 0 Å². The molecule has 1 atom stereocenters. The van der Waals surface area contributed by atoms with Crippen molar-refractivity contribution in [1.29, 1.82) is 0 Å². The Morgan fingerprint density at radius 1 is 1.29 bits per heavy atom. The zero-order valence-corrected chi connectivity index (χ0v) is 10.1. The highest BCUT2D eigenvalue weighted by Gasteiger charge is 2.05. The maximum absolute atomic E-state index is 3.86. The Hall–Kier alpha value is -0.340. The molecule has 0 amide bonds. The van der Waals surface area contributed by atoms with Crippen molar-refractivity contribution in [2.45, 2.75) is 39.7 Å². The SMILES string of the molecule is C=CC(CCN(CC)CC)NCCC. The van der Waals surface area contributed by atoms with E-state index in [1.807, 2.05) is 6.08 Å². The molecular formula is C12H26N2. The first-order valence-corrected chi connectivity index (χ1v) is 5.86. The molecule has 1 N–H and O–H groups in total. The fourth-order valence-corrected chi connectivity index (χ4v) is 1.49. The van der Waals surface area contributed by atoms with Crippen LogP contribution >= 0.6 is 0 Å². The van der Waals surface area contributed by atoms with Crippen molar-refractivity contribution in [3.63, 3.8) is 0 Å². The molecule has 2 nitrogen and oxygen atoms in total. The third-order valence-corrected chi connectivity index (χ3v) is 2.59. The van der Waals surface area contributed by atoms with Crippen molar-refractivity contribution in [2.75, 3.05) is 26.2 Å². The third-order valence-electron chi connectivity index (χ3n) is 2.59. The van der Waals surface area contributed by atoms with Crippen LogP contribution in [0.5, 0.6) is 0 Å². The second kappa shape index (κ2) is 9.22. The Morgan fingerprint density at radius 2 is 1.93 bits per heavy atom. The number of nitrogens with zero attached hydrogens (tertiary/aromatic N) is 1. The van der Waals surface area contributed by atoms with Gasteiger partial charge >= 0.3 is 0 Å². The molecule has 0 bridgehead atoms. The summed E-state index contributed by atoms with van der Waals surface area (Å²) in [5.74, 6) is 0. The largest absolute Gasteiger partial charge is 0.310 e. The van der Waals surface area contributed by atoms with Crippen LogP contribution in [0.4, 0.5) is 0 Å². The van der Waals surface area contributed by atoms with Crippen LogP contribution in [-0.4, -0.2) is 37.1 Å². The van der Waals surface area contributed by atoms with Gasteiger partial charge in [-0.1, -0.05) is 26.8 Å². The Bertz CT molecular complexity index is 130. The molecule has 2 heteroatoms. The van der Waals surface area contributed by atoms with Crippen molar-refractivity contribution in [3.05, 3.63) is 12.7 Å². The summed E-state index contributed by atoms with van der Waals surface area (Å²) >= 11 is 0. The topological polar surface area (TPSA) is 15.3 Å². The first-order valence-electron chi connectivity index (χ1n) is 5.86. The van der Waals surface area contributed by atoms with Crippen LogP contribution in [0.3, 0.4) is 0 Å². The zero-order chi connectivity index (χ0) is 10.8. The normalized spacial score (nSPS) is 13.1. The molecule has 1 unspecified atom stereocenters. The molecule has 0 radical (unpaired) electrons. The maximum atomic E-state index is 3.86. The smallest absolute Gasteiger partial charge is 0.0259 e. The molecule has 0 aliphatic heterocycles. The van der Waals surface area contributed by atoms with E-state index in [0.717, 1.165) is 19.6 Å². The summed E-state index contributed by atoms with van der Waals surface area (Å²) in [4.78, 5) is 2.45. The van der Waals surface area contributed by atoms with Gasteiger partial charge in [0.05, 0.1) is 0 Å². The van der Waals surface area contributed by atoms with E-state index in [1.54, 1.807) is 0 Å². The Labute approximate surface area is 89.4 Å². The lowest BCUT2D eigenvalue weighted by atomic mass is 10.2. The summed E-state index contributed by atoms with van der Waals surface area (Å²) in [7, 11) is 0. The summed E-state index contributed by atoms with van der Waals surface area (Å²) < 4.78 is 0. The van der Waals surface area contributed by atoms with Crippen molar-refractivity contribution in [2.24, 2.45) is 0 Å². The number of nitrogens with one attached hydrogen (secondary N) is 1. The minimum atomic E-state index is 0.482. The maximum Gasteiger partial charge on any atom is 0.0259 e. The fraction of sp³-hybridized carbons (Fsp3) is 0.833. The van der Waals surface area contributed by atoms with Gasteiger partial charge in [0.1, 0.15) is 0 Å². The lowest BCUT2D eigenvalue weighted by molar-refractivity contribution is 0.289. The Balaban J connectivity index is 3.64. The minimum Gasteiger partial charge on any atom is -0.310 e. The van der Waals surface area contributed by atoms with Gasteiger partial charge in [-0.15, -0.1) is 6.58 Å². The van der Waals surface area contributed by atoms with Crippen molar-refractivity contribution in [1.82, 2.24) is 10.2 Å². The zero-order valence-electron chi connectivity index (χ0n) is 10.1. The van der Waals surface area contributed by atoms with E-state index in [0.29, 0.717) is 6.04 Å². The average molecular weight is 198 g/mol. The molecule has 0 aromatic rings. The summed E-state index contributed by atoms with van der Waals surface area (Å²) in [5.41, 5.74) is 0. The molecule has 0 aliphatic carbocycles. The molecule has 0 aromatic carbocycles. The first-order chi connectivity index (χ1) is 6.78. The average Bonchev–Trinajstić information content (AvgIpc) is 2.23. The minimum absolute atomic E-state index is 0.482. The van der Waals surface area contributed by atoms with Gasteiger partial charge in [0, 0.05) is 6.04 Å². The molecule has 0 aromatic heterocycles. The van der Waals surface area contributed by atoms with Crippen LogP contribution in [0.1, 0.15) is 33.6 Å². The molecule has 0 fully saturated rings. The van der Waals surface area contributed by atoms with Gasteiger partial charge < -0.3 is 10.2 Å². The van der Waals surface area contributed by atoms with Crippen molar-refractivity contribution < 1.29 is 0 Å². The molecule has 84 valence electrons. The number of rotatable bonds is 9. The molecular weight excluding hydrogens is 172 g/mol. The van der Waals surface area contributed by atoms with Crippen LogP contribution in [-0.2, 0) is 0 Å².